The summed E-state index contributed by atoms with van der Waals surface area (Å²) >= 11 is 0. The van der Waals surface area contributed by atoms with Gasteiger partial charge < -0.3 is 5.32 Å². The third-order valence-corrected chi connectivity index (χ3v) is 3.47. The second-order valence-electron chi connectivity index (χ2n) is 4.95. The van der Waals surface area contributed by atoms with Crippen LogP contribution in [-0.4, -0.2) is 9.97 Å². The maximum atomic E-state index is 13.0. The lowest BCUT2D eigenvalue weighted by atomic mass is 10.0. The number of hydrogen-bond acceptors (Lipinski definition) is 3. The number of nitrogens with one attached hydrogen (secondary N) is 1. The molecule has 19 heavy (non-hydrogen) atoms. The van der Waals surface area contributed by atoms with Crippen LogP contribution in [0.1, 0.15) is 30.1 Å². The van der Waals surface area contributed by atoms with E-state index in [2.05, 4.69) is 15.3 Å². The molecule has 1 saturated carbocycles. The molecule has 1 aromatic heterocycles. The molecule has 3 rings (SSSR count). The molecule has 1 atom stereocenters. The first-order valence-electron chi connectivity index (χ1n) is 6.56. The Bertz CT molecular complexity index is 523. The van der Waals surface area contributed by atoms with Crippen LogP contribution in [0.15, 0.2) is 42.9 Å². The van der Waals surface area contributed by atoms with Crippen molar-refractivity contribution in [2.24, 2.45) is 5.92 Å². The van der Waals surface area contributed by atoms with Gasteiger partial charge in [-0.25, -0.2) is 14.4 Å². The third kappa shape index (κ3) is 3.15. The molecule has 0 saturated heterocycles. The molecule has 0 aliphatic heterocycles. The molecule has 0 radical (unpaired) electrons. The van der Waals surface area contributed by atoms with Crippen LogP contribution in [0.5, 0.6) is 0 Å². The Morgan fingerprint density at radius 1 is 1.21 bits per heavy atom. The first kappa shape index (κ1) is 12.2. The molecule has 1 heterocycles. The Balaban J connectivity index is 1.69. The summed E-state index contributed by atoms with van der Waals surface area (Å²) in [5, 5.41) is 3.52. The van der Waals surface area contributed by atoms with E-state index in [1.807, 2.05) is 18.2 Å². The monoisotopic (exact) mass is 257 g/mol. The molecule has 0 amide bonds. The lowest BCUT2D eigenvalue weighted by molar-refractivity contribution is 0.475. The number of nitrogens with zero attached hydrogens (tertiary/aromatic N) is 2. The highest BCUT2D eigenvalue weighted by Crippen LogP contribution is 2.41. The van der Waals surface area contributed by atoms with E-state index in [9.17, 15) is 4.39 Å². The third-order valence-electron chi connectivity index (χ3n) is 3.47. The normalized spacial score (nSPS) is 16.3. The SMILES string of the molecule is Fc1ccc(C(NCc2ccncn2)C2CC2)cc1. The summed E-state index contributed by atoms with van der Waals surface area (Å²) in [5.74, 6) is 0.474. The number of halogens is 1. The second kappa shape index (κ2) is 5.45. The van der Waals surface area contributed by atoms with Gasteiger partial charge in [0.25, 0.3) is 0 Å². The molecule has 1 unspecified atom stereocenters. The number of rotatable bonds is 5. The van der Waals surface area contributed by atoms with E-state index in [-0.39, 0.29) is 11.9 Å². The fourth-order valence-corrected chi connectivity index (χ4v) is 2.29. The van der Waals surface area contributed by atoms with E-state index in [4.69, 9.17) is 0 Å². The van der Waals surface area contributed by atoms with Crippen molar-refractivity contribution in [2.45, 2.75) is 25.4 Å². The number of aromatic nitrogens is 2. The summed E-state index contributed by atoms with van der Waals surface area (Å²) in [4.78, 5) is 8.11. The molecule has 0 spiro atoms. The van der Waals surface area contributed by atoms with Gasteiger partial charge in [-0.2, -0.15) is 0 Å². The lowest BCUT2D eigenvalue weighted by Gasteiger charge is -2.18. The Morgan fingerprint density at radius 2 is 2.00 bits per heavy atom. The highest BCUT2D eigenvalue weighted by atomic mass is 19.1. The predicted molar refractivity (Wildman–Crippen MR) is 70.7 cm³/mol. The van der Waals surface area contributed by atoms with Crippen LogP contribution < -0.4 is 5.32 Å². The largest absolute Gasteiger partial charge is 0.304 e. The zero-order valence-electron chi connectivity index (χ0n) is 10.6. The van der Waals surface area contributed by atoms with Gasteiger partial charge in [-0.05, 0) is 42.5 Å². The van der Waals surface area contributed by atoms with Crippen LogP contribution in [0.4, 0.5) is 4.39 Å². The molecule has 1 aliphatic carbocycles. The molecule has 98 valence electrons. The van der Waals surface area contributed by atoms with E-state index in [0.29, 0.717) is 12.5 Å². The molecule has 2 aromatic rings. The maximum Gasteiger partial charge on any atom is 0.123 e. The summed E-state index contributed by atoms with van der Waals surface area (Å²) < 4.78 is 13.0. The van der Waals surface area contributed by atoms with Crippen molar-refractivity contribution >= 4 is 0 Å². The first-order valence-corrected chi connectivity index (χ1v) is 6.56. The minimum Gasteiger partial charge on any atom is -0.304 e. The maximum absolute atomic E-state index is 13.0. The minimum absolute atomic E-state index is 0.186. The van der Waals surface area contributed by atoms with Gasteiger partial charge in [0.2, 0.25) is 0 Å². The van der Waals surface area contributed by atoms with Gasteiger partial charge in [-0.1, -0.05) is 12.1 Å². The molecule has 0 bridgehead atoms. The predicted octanol–water partition coefficient (Wildman–Crippen LogP) is 2.86. The summed E-state index contributed by atoms with van der Waals surface area (Å²) in [6.07, 6.45) is 5.77. The average Bonchev–Trinajstić information content (AvgIpc) is 3.27. The quantitative estimate of drug-likeness (QED) is 0.895. The fraction of sp³-hybridized carbons (Fsp3) is 0.333. The van der Waals surface area contributed by atoms with E-state index in [1.165, 1.54) is 25.0 Å². The van der Waals surface area contributed by atoms with Gasteiger partial charge in [0.15, 0.2) is 0 Å². The highest BCUT2D eigenvalue weighted by Gasteiger charge is 2.31. The van der Waals surface area contributed by atoms with Gasteiger partial charge in [0.05, 0.1) is 5.69 Å². The van der Waals surface area contributed by atoms with Crippen molar-refractivity contribution in [1.82, 2.24) is 15.3 Å². The summed E-state index contributed by atoms with van der Waals surface area (Å²) in [6, 6.07) is 8.97. The molecule has 1 aromatic carbocycles. The number of benzene rings is 1. The van der Waals surface area contributed by atoms with Crippen molar-refractivity contribution in [3.8, 4) is 0 Å². The molecule has 4 heteroatoms. The van der Waals surface area contributed by atoms with Gasteiger partial charge in [0.1, 0.15) is 12.1 Å². The molecule has 1 N–H and O–H groups in total. The average molecular weight is 257 g/mol. The zero-order valence-corrected chi connectivity index (χ0v) is 10.6. The Morgan fingerprint density at radius 3 is 2.63 bits per heavy atom. The van der Waals surface area contributed by atoms with Gasteiger partial charge in [-0.3, -0.25) is 0 Å². The van der Waals surface area contributed by atoms with Gasteiger partial charge in [0, 0.05) is 18.8 Å². The van der Waals surface area contributed by atoms with E-state index in [0.717, 1.165) is 11.3 Å². The van der Waals surface area contributed by atoms with Crippen LogP contribution in [0.3, 0.4) is 0 Å². The molecular formula is C15H16FN3. The lowest BCUT2D eigenvalue weighted by Crippen LogP contribution is -2.23. The number of hydrogen-bond donors (Lipinski definition) is 1. The van der Waals surface area contributed by atoms with Gasteiger partial charge in [-0.15, -0.1) is 0 Å². The van der Waals surface area contributed by atoms with E-state index < -0.39 is 0 Å². The Hall–Kier alpha value is -1.81. The minimum atomic E-state index is -0.186. The highest BCUT2D eigenvalue weighted by molar-refractivity contribution is 5.22. The first-order chi connectivity index (χ1) is 9.33. The van der Waals surface area contributed by atoms with Crippen molar-refractivity contribution in [2.75, 3.05) is 0 Å². The van der Waals surface area contributed by atoms with Gasteiger partial charge >= 0.3 is 0 Å². The Labute approximate surface area is 111 Å². The molecule has 1 fully saturated rings. The van der Waals surface area contributed by atoms with Crippen LogP contribution in [0, 0.1) is 11.7 Å². The summed E-state index contributed by atoms with van der Waals surface area (Å²) in [5.41, 5.74) is 2.13. The summed E-state index contributed by atoms with van der Waals surface area (Å²) in [7, 11) is 0. The topological polar surface area (TPSA) is 37.8 Å². The van der Waals surface area contributed by atoms with E-state index >= 15 is 0 Å². The van der Waals surface area contributed by atoms with Crippen molar-refractivity contribution in [1.29, 1.82) is 0 Å². The van der Waals surface area contributed by atoms with Crippen LogP contribution in [0.2, 0.25) is 0 Å². The second-order valence-corrected chi connectivity index (χ2v) is 4.95. The smallest absolute Gasteiger partial charge is 0.123 e. The van der Waals surface area contributed by atoms with Crippen molar-refractivity contribution in [3.05, 3.63) is 59.9 Å². The molecule has 1 aliphatic rings. The van der Waals surface area contributed by atoms with Crippen LogP contribution >= 0.6 is 0 Å². The van der Waals surface area contributed by atoms with E-state index in [1.54, 1.807) is 12.5 Å². The Kier molecular flexibility index (Phi) is 3.51. The molecule has 3 nitrogen and oxygen atoms in total. The standard InChI is InChI=1S/C15H16FN3/c16-13-5-3-12(4-6-13)15(11-1-2-11)18-9-14-7-8-17-10-19-14/h3-8,10-11,15,18H,1-2,9H2. The fourth-order valence-electron chi connectivity index (χ4n) is 2.29. The van der Waals surface area contributed by atoms with Crippen LogP contribution in [0.25, 0.3) is 0 Å². The summed E-state index contributed by atoms with van der Waals surface area (Å²) in [6.45, 7) is 0.709. The van der Waals surface area contributed by atoms with Crippen LogP contribution in [-0.2, 0) is 6.54 Å². The van der Waals surface area contributed by atoms with Crippen molar-refractivity contribution < 1.29 is 4.39 Å². The van der Waals surface area contributed by atoms with Crippen molar-refractivity contribution in [3.63, 3.8) is 0 Å². The molecular weight excluding hydrogens is 241 g/mol. The zero-order chi connectivity index (χ0) is 13.1.